The van der Waals surface area contributed by atoms with Gasteiger partial charge in [0.05, 0.1) is 5.16 Å². The minimum atomic E-state index is 1.43. The van der Waals surface area contributed by atoms with Crippen LogP contribution >= 0.6 is 12.2 Å². The Kier molecular flexibility index (Phi) is 3.25. The summed E-state index contributed by atoms with van der Waals surface area (Å²) in [6.07, 6.45) is 0. The van der Waals surface area contributed by atoms with Crippen molar-refractivity contribution in [2.45, 2.75) is 0 Å². The average Bonchev–Trinajstić information content (AvgIpc) is 1.41. The van der Waals surface area contributed by atoms with Crippen LogP contribution in [0.4, 0.5) is 0 Å². The van der Waals surface area contributed by atoms with Crippen LogP contribution in [0, 0.1) is 0 Å². The third kappa shape index (κ3) is 3.56. The molecule has 0 fully saturated rings. The molecule has 0 bridgehead atoms. The van der Waals surface area contributed by atoms with Crippen molar-refractivity contribution >= 4 is 17.4 Å². The molecule has 0 atom stereocenters. The van der Waals surface area contributed by atoms with Gasteiger partial charge in [-0.15, -0.1) is 0 Å². The molecule has 2 N–H and O–H groups in total. The van der Waals surface area contributed by atoms with Gasteiger partial charge >= 0.3 is 0 Å². The number of nitrogens with one attached hydrogen (secondary N) is 1. The molecule has 0 aliphatic rings. The fourth-order valence-electron chi connectivity index (χ4n) is 0.0204. The Morgan fingerprint density at radius 1 is 2.00 bits per heavy atom. The number of hydrogen-bond donors (Lipinski definition) is 2. The normalized spacial score (nSPS) is 5.00. The smallest absolute Gasteiger partial charge is 0.0868 e. The molecule has 3 nitrogen and oxygen atoms in total. The average molecular weight is 90.1 g/mol. The zero-order valence-corrected chi connectivity index (χ0v) is 3.12. The maximum absolute atomic E-state index is 7.52. The summed E-state index contributed by atoms with van der Waals surface area (Å²) in [6, 6.07) is 0. The molecule has 0 amide bonds. The van der Waals surface area contributed by atoms with E-state index in [9.17, 15) is 0 Å². The highest BCUT2D eigenvalue weighted by Crippen LogP contribution is 1.38. The number of rotatable bonds is 1. The summed E-state index contributed by atoms with van der Waals surface area (Å²) in [5, 5.41) is 12.2. The van der Waals surface area contributed by atoms with Crippen molar-refractivity contribution in [1.82, 2.24) is 5.59 Å². The number of nitrogens with zero attached hydrogens (tertiary/aromatic N) is 1. The predicted octanol–water partition coefficient (Wildman–Crippen LogP) is -0.0170. The van der Waals surface area contributed by atoms with Gasteiger partial charge in [-0.2, -0.15) is 5.59 Å². The lowest BCUT2D eigenvalue weighted by molar-refractivity contribution is 0.173. The van der Waals surface area contributed by atoms with Gasteiger partial charge in [0.15, 0.2) is 0 Å². The summed E-state index contributed by atoms with van der Waals surface area (Å²) in [4.78, 5) is 0. The first-order valence-corrected chi connectivity index (χ1v) is 1.28. The Morgan fingerprint density at radius 2 is 2.60 bits per heavy atom. The van der Waals surface area contributed by atoms with E-state index in [1.165, 1.54) is 5.59 Å². The lowest BCUT2D eigenvalue weighted by atomic mass is 11.7. The van der Waals surface area contributed by atoms with Crippen LogP contribution in [-0.4, -0.2) is 10.4 Å². The Labute approximate surface area is 34.3 Å². The molecule has 0 aliphatic heterocycles. The summed E-state index contributed by atoms with van der Waals surface area (Å²) in [6.45, 7) is 0. The number of thiocarbonyl (C=S) groups is 1. The van der Waals surface area contributed by atoms with Gasteiger partial charge in [0.2, 0.25) is 0 Å². The van der Waals surface area contributed by atoms with E-state index in [4.69, 9.17) is 5.21 Å². The molecule has 0 heterocycles. The van der Waals surface area contributed by atoms with E-state index in [0.717, 1.165) is 0 Å². The molecule has 5 heavy (non-hydrogen) atoms. The van der Waals surface area contributed by atoms with Crippen molar-refractivity contribution in [2.75, 3.05) is 0 Å². The van der Waals surface area contributed by atoms with Crippen LogP contribution in [0.1, 0.15) is 0 Å². The molecule has 0 aromatic heterocycles. The minimum absolute atomic E-state index is 1.43. The van der Waals surface area contributed by atoms with Gasteiger partial charge in [0, 0.05) is 0 Å². The largest absolute Gasteiger partial charge is 0.274 e. The van der Waals surface area contributed by atoms with Crippen molar-refractivity contribution in [3.8, 4) is 0 Å². The second-order valence-corrected chi connectivity index (χ2v) is 0.486. The maximum Gasteiger partial charge on any atom is 0.0868 e. The molecule has 4 heteroatoms. The highest BCUT2D eigenvalue weighted by molar-refractivity contribution is 7.78. The van der Waals surface area contributed by atoms with E-state index in [1.54, 1.807) is 0 Å². The van der Waals surface area contributed by atoms with Crippen LogP contribution in [0.15, 0.2) is 5.10 Å². The molecule has 0 unspecified atom stereocenters. The zero-order valence-electron chi connectivity index (χ0n) is 2.30. The van der Waals surface area contributed by atoms with Gasteiger partial charge in [-0.05, 0) is 12.2 Å². The van der Waals surface area contributed by atoms with Gasteiger partial charge in [0.25, 0.3) is 0 Å². The van der Waals surface area contributed by atoms with E-state index in [0.29, 0.717) is 0 Å². The van der Waals surface area contributed by atoms with Crippen LogP contribution in [0.2, 0.25) is 0 Å². The van der Waals surface area contributed by atoms with Crippen LogP contribution in [0.3, 0.4) is 0 Å². The van der Waals surface area contributed by atoms with E-state index in [-0.39, 0.29) is 0 Å². The summed E-state index contributed by atoms with van der Waals surface area (Å²) in [5.74, 6) is 0. The van der Waals surface area contributed by atoms with Gasteiger partial charge in [-0.25, -0.2) is 0 Å². The molecular weight excluding hydrogens is 88.1 g/mol. The lowest BCUT2D eigenvalue weighted by Gasteiger charge is -1.69. The van der Waals surface area contributed by atoms with Crippen LogP contribution in [0.25, 0.3) is 0 Å². The Hall–Kier alpha value is -0.440. The van der Waals surface area contributed by atoms with Crippen LogP contribution in [-0.2, 0) is 0 Å². The molecule has 28 valence electrons. The van der Waals surface area contributed by atoms with Crippen molar-refractivity contribution in [1.29, 1.82) is 0 Å². The highest BCUT2D eigenvalue weighted by Gasteiger charge is 1.42. The second kappa shape index (κ2) is 3.56. The fourth-order valence-corrected chi connectivity index (χ4v) is 0.0612. The molecule has 0 saturated carbocycles. The molecule has 0 rings (SSSR count). The first kappa shape index (κ1) is 4.56. The number of isothiocyanates is 1. The Morgan fingerprint density at radius 3 is 2.60 bits per heavy atom. The van der Waals surface area contributed by atoms with E-state index in [2.05, 4.69) is 17.3 Å². The third-order valence-electron chi connectivity index (χ3n) is 0.0956. The summed E-state index contributed by atoms with van der Waals surface area (Å²) in [5.41, 5.74) is 1.43. The molecular formula is CH2N2OS. The maximum atomic E-state index is 7.52. The van der Waals surface area contributed by atoms with Gasteiger partial charge in [-0.1, -0.05) is 5.10 Å². The van der Waals surface area contributed by atoms with E-state index < -0.39 is 0 Å². The molecule has 0 aromatic carbocycles. The Bertz CT molecular complexity index is 56.7. The van der Waals surface area contributed by atoms with Crippen LogP contribution in [0.5, 0.6) is 0 Å². The first-order valence-electron chi connectivity index (χ1n) is 0.875. The quantitative estimate of drug-likeness (QED) is 0.270. The summed E-state index contributed by atoms with van der Waals surface area (Å²) >= 11 is 4.01. The molecule has 0 saturated heterocycles. The standard InChI is InChI=1S/CH2N2OS/c4-3-2-1-5/h3-4H. The molecule has 0 aliphatic carbocycles. The summed E-state index contributed by atoms with van der Waals surface area (Å²) in [7, 11) is 0. The zero-order chi connectivity index (χ0) is 4.12. The first-order chi connectivity index (χ1) is 2.41. The van der Waals surface area contributed by atoms with Crippen molar-refractivity contribution in [3.63, 3.8) is 0 Å². The fraction of sp³-hybridized carbons (Fsp3) is 0. The minimum Gasteiger partial charge on any atom is -0.274 e. The monoisotopic (exact) mass is 90.0 g/mol. The van der Waals surface area contributed by atoms with Crippen molar-refractivity contribution in [3.05, 3.63) is 0 Å². The number of hydrogen-bond acceptors (Lipinski definition) is 4. The van der Waals surface area contributed by atoms with Gasteiger partial charge < -0.3 is 0 Å². The van der Waals surface area contributed by atoms with Gasteiger partial charge in [-0.3, -0.25) is 5.21 Å². The molecule has 0 radical (unpaired) electrons. The highest BCUT2D eigenvalue weighted by atomic mass is 32.1. The van der Waals surface area contributed by atoms with Crippen molar-refractivity contribution in [2.24, 2.45) is 5.10 Å². The Balaban J connectivity index is 2.93. The van der Waals surface area contributed by atoms with E-state index >= 15 is 0 Å². The summed E-state index contributed by atoms with van der Waals surface area (Å²) < 4.78 is 0. The molecule has 0 aromatic rings. The number of hydrazone groups is 1. The topological polar surface area (TPSA) is 44.6 Å². The van der Waals surface area contributed by atoms with Crippen molar-refractivity contribution < 1.29 is 5.21 Å². The SMILES string of the molecule is ONN=C=S. The van der Waals surface area contributed by atoms with Crippen LogP contribution < -0.4 is 5.59 Å². The third-order valence-corrected chi connectivity index (χ3v) is 0.187. The molecule has 0 spiro atoms. The van der Waals surface area contributed by atoms with Gasteiger partial charge in [0.1, 0.15) is 0 Å². The lowest BCUT2D eigenvalue weighted by Crippen LogP contribution is -1.90. The second-order valence-electron chi connectivity index (χ2n) is 0.303. The van der Waals surface area contributed by atoms with E-state index in [1.807, 2.05) is 5.16 Å². The predicted molar refractivity (Wildman–Crippen MR) is 19.9 cm³/mol.